The maximum atomic E-state index is 10.4. The molecule has 1 heterocycles. The first-order valence-corrected chi connectivity index (χ1v) is 6.56. The standard InChI is InChI=1S/C16H21NO2/c1-12-9-10-15(19-12)11-17(3)13(2)16(18)14-7-5-4-6-8-14/h4-10,13,16,18H,11H2,1-3H3/t13-,16-/m1/s1. The Kier molecular flexibility index (Phi) is 4.40. The fourth-order valence-electron chi connectivity index (χ4n) is 2.13. The Morgan fingerprint density at radius 2 is 1.84 bits per heavy atom. The maximum absolute atomic E-state index is 10.4. The van der Waals surface area contributed by atoms with Gasteiger partial charge in [0.25, 0.3) is 0 Å². The largest absolute Gasteiger partial charge is 0.465 e. The number of likely N-dealkylation sites (N-methyl/N-ethyl adjacent to an activating group) is 1. The van der Waals surface area contributed by atoms with Crippen LogP contribution in [0.5, 0.6) is 0 Å². The van der Waals surface area contributed by atoms with Crippen molar-refractivity contribution in [1.82, 2.24) is 4.90 Å². The Labute approximate surface area is 114 Å². The monoisotopic (exact) mass is 259 g/mol. The molecule has 3 nitrogen and oxygen atoms in total. The average Bonchev–Trinajstić information content (AvgIpc) is 2.83. The van der Waals surface area contributed by atoms with Crippen LogP contribution in [0.25, 0.3) is 0 Å². The number of hydrogen-bond acceptors (Lipinski definition) is 3. The molecule has 0 aliphatic rings. The zero-order valence-electron chi connectivity index (χ0n) is 11.7. The van der Waals surface area contributed by atoms with Crippen molar-refractivity contribution in [1.29, 1.82) is 0 Å². The second-order valence-corrected chi connectivity index (χ2v) is 5.02. The SMILES string of the molecule is Cc1ccc(CN(C)[C@H](C)[C@@H](O)c2ccccc2)o1. The van der Waals surface area contributed by atoms with E-state index < -0.39 is 6.10 Å². The van der Waals surface area contributed by atoms with Crippen LogP contribution in [0, 0.1) is 6.92 Å². The van der Waals surface area contributed by atoms with Crippen LogP contribution >= 0.6 is 0 Å². The molecule has 1 aromatic carbocycles. The third kappa shape index (κ3) is 3.46. The summed E-state index contributed by atoms with van der Waals surface area (Å²) in [5.41, 5.74) is 0.942. The van der Waals surface area contributed by atoms with Gasteiger partial charge in [-0.05, 0) is 38.6 Å². The predicted octanol–water partition coefficient (Wildman–Crippen LogP) is 3.14. The van der Waals surface area contributed by atoms with Gasteiger partial charge < -0.3 is 9.52 Å². The van der Waals surface area contributed by atoms with Gasteiger partial charge in [0.15, 0.2) is 0 Å². The highest BCUT2D eigenvalue weighted by molar-refractivity contribution is 5.18. The Morgan fingerprint density at radius 3 is 2.42 bits per heavy atom. The third-order valence-corrected chi connectivity index (χ3v) is 3.49. The van der Waals surface area contributed by atoms with Gasteiger partial charge in [0.1, 0.15) is 11.5 Å². The lowest BCUT2D eigenvalue weighted by Gasteiger charge is -2.28. The van der Waals surface area contributed by atoms with E-state index in [0.717, 1.165) is 17.1 Å². The summed E-state index contributed by atoms with van der Waals surface area (Å²) in [7, 11) is 1.99. The summed E-state index contributed by atoms with van der Waals surface area (Å²) in [6.07, 6.45) is -0.498. The summed E-state index contributed by atoms with van der Waals surface area (Å²) in [6, 6.07) is 13.7. The molecule has 0 amide bonds. The molecule has 0 spiro atoms. The molecule has 0 aliphatic carbocycles. The lowest BCUT2D eigenvalue weighted by molar-refractivity contribution is 0.0653. The van der Waals surface area contributed by atoms with Crippen LogP contribution in [0.3, 0.4) is 0 Å². The van der Waals surface area contributed by atoms with E-state index in [9.17, 15) is 5.11 Å². The minimum atomic E-state index is -0.498. The molecule has 0 saturated carbocycles. The van der Waals surface area contributed by atoms with E-state index >= 15 is 0 Å². The van der Waals surface area contributed by atoms with Crippen LogP contribution in [-0.2, 0) is 6.54 Å². The van der Waals surface area contributed by atoms with Gasteiger partial charge in [0.2, 0.25) is 0 Å². The van der Waals surface area contributed by atoms with Gasteiger partial charge in [-0.25, -0.2) is 0 Å². The molecular formula is C16H21NO2. The van der Waals surface area contributed by atoms with Crippen molar-refractivity contribution in [3.8, 4) is 0 Å². The van der Waals surface area contributed by atoms with Crippen LogP contribution in [0.4, 0.5) is 0 Å². The molecule has 0 fully saturated rings. The number of rotatable bonds is 5. The van der Waals surface area contributed by atoms with E-state index in [2.05, 4.69) is 4.90 Å². The van der Waals surface area contributed by atoms with Crippen molar-refractivity contribution < 1.29 is 9.52 Å². The zero-order valence-corrected chi connectivity index (χ0v) is 11.7. The number of aliphatic hydroxyl groups excluding tert-OH is 1. The average molecular weight is 259 g/mol. The quantitative estimate of drug-likeness (QED) is 0.896. The Hall–Kier alpha value is -1.58. The van der Waals surface area contributed by atoms with Gasteiger partial charge in [-0.1, -0.05) is 30.3 Å². The normalized spacial score (nSPS) is 14.6. The zero-order chi connectivity index (χ0) is 13.8. The van der Waals surface area contributed by atoms with Crippen LogP contribution in [-0.4, -0.2) is 23.1 Å². The fraction of sp³-hybridized carbons (Fsp3) is 0.375. The molecule has 1 aromatic heterocycles. The first-order chi connectivity index (χ1) is 9.08. The van der Waals surface area contributed by atoms with Crippen molar-refractivity contribution in [2.75, 3.05) is 7.05 Å². The third-order valence-electron chi connectivity index (χ3n) is 3.49. The molecular weight excluding hydrogens is 238 g/mol. The minimum Gasteiger partial charge on any atom is -0.465 e. The van der Waals surface area contributed by atoms with E-state index in [1.54, 1.807) is 0 Å². The first kappa shape index (κ1) is 13.8. The Bertz CT molecular complexity index is 506. The predicted molar refractivity (Wildman–Crippen MR) is 75.8 cm³/mol. The van der Waals surface area contributed by atoms with Crippen LogP contribution in [0.15, 0.2) is 46.9 Å². The molecule has 0 radical (unpaired) electrons. The van der Waals surface area contributed by atoms with E-state index in [1.807, 2.05) is 63.4 Å². The summed E-state index contributed by atoms with van der Waals surface area (Å²) in [6.45, 7) is 4.65. The molecule has 0 unspecified atom stereocenters. The highest BCUT2D eigenvalue weighted by Gasteiger charge is 2.21. The molecule has 0 bridgehead atoms. The van der Waals surface area contributed by atoms with E-state index in [4.69, 9.17) is 4.42 Å². The second kappa shape index (κ2) is 6.04. The Balaban J connectivity index is 2.00. The maximum Gasteiger partial charge on any atom is 0.118 e. The highest BCUT2D eigenvalue weighted by atomic mass is 16.3. The molecule has 3 heteroatoms. The summed E-state index contributed by atoms with van der Waals surface area (Å²) in [4.78, 5) is 2.09. The van der Waals surface area contributed by atoms with Gasteiger partial charge in [0.05, 0.1) is 12.6 Å². The molecule has 2 rings (SSSR count). The summed E-state index contributed by atoms with van der Waals surface area (Å²) in [5.74, 6) is 1.84. The summed E-state index contributed by atoms with van der Waals surface area (Å²) >= 11 is 0. The van der Waals surface area contributed by atoms with E-state index in [1.165, 1.54) is 0 Å². The van der Waals surface area contributed by atoms with Gasteiger partial charge in [-0.2, -0.15) is 0 Å². The smallest absolute Gasteiger partial charge is 0.118 e. The lowest BCUT2D eigenvalue weighted by Crippen LogP contribution is -2.33. The molecule has 19 heavy (non-hydrogen) atoms. The van der Waals surface area contributed by atoms with Crippen molar-refractivity contribution in [2.45, 2.75) is 32.5 Å². The second-order valence-electron chi connectivity index (χ2n) is 5.02. The minimum absolute atomic E-state index is 0.0211. The van der Waals surface area contributed by atoms with Gasteiger partial charge >= 0.3 is 0 Å². The number of benzene rings is 1. The van der Waals surface area contributed by atoms with Crippen molar-refractivity contribution in [2.24, 2.45) is 0 Å². The van der Waals surface area contributed by atoms with E-state index in [0.29, 0.717) is 6.54 Å². The Morgan fingerprint density at radius 1 is 1.16 bits per heavy atom. The van der Waals surface area contributed by atoms with Crippen molar-refractivity contribution >= 4 is 0 Å². The van der Waals surface area contributed by atoms with Crippen LogP contribution < -0.4 is 0 Å². The topological polar surface area (TPSA) is 36.6 Å². The number of hydrogen-bond donors (Lipinski definition) is 1. The molecule has 0 aliphatic heterocycles. The highest BCUT2D eigenvalue weighted by Crippen LogP contribution is 2.21. The van der Waals surface area contributed by atoms with E-state index in [-0.39, 0.29) is 6.04 Å². The number of nitrogens with zero attached hydrogens (tertiary/aromatic N) is 1. The van der Waals surface area contributed by atoms with Gasteiger partial charge in [-0.15, -0.1) is 0 Å². The first-order valence-electron chi connectivity index (χ1n) is 6.56. The van der Waals surface area contributed by atoms with Crippen LogP contribution in [0.2, 0.25) is 0 Å². The molecule has 0 saturated heterocycles. The molecule has 2 aromatic rings. The number of aryl methyl sites for hydroxylation is 1. The summed E-state index contributed by atoms with van der Waals surface area (Å²) in [5, 5.41) is 10.4. The van der Waals surface area contributed by atoms with Gasteiger partial charge in [-0.3, -0.25) is 4.90 Å². The fourth-order valence-corrected chi connectivity index (χ4v) is 2.13. The summed E-state index contributed by atoms with van der Waals surface area (Å²) < 4.78 is 5.57. The van der Waals surface area contributed by atoms with Crippen molar-refractivity contribution in [3.63, 3.8) is 0 Å². The lowest BCUT2D eigenvalue weighted by atomic mass is 10.0. The number of furan rings is 1. The van der Waals surface area contributed by atoms with Gasteiger partial charge in [0, 0.05) is 6.04 Å². The van der Waals surface area contributed by atoms with Crippen molar-refractivity contribution in [3.05, 3.63) is 59.5 Å². The molecule has 1 N–H and O–H groups in total. The molecule has 102 valence electrons. The molecule has 2 atom stereocenters. The van der Waals surface area contributed by atoms with Crippen LogP contribution in [0.1, 0.15) is 30.1 Å². The number of aliphatic hydroxyl groups is 1.